The van der Waals surface area contributed by atoms with Crippen LogP contribution in [0.2, 0.25) is 0 Å². The summed E-state index contributed by atoms with van der Waals surface area (Å²) in [6.45, 7) is 8.03. The van der Waals surface area contributed by atoms with E-state index < -0.39 is 9.84 Å². The van der Waals surface area contributed by atoms with E-state index in [1.54, 1.807) is 12.1 Å². The van der Waals surface area contributed by atoms with E-state index in [1.165, 1.54) is 0 Å². The van der Waals surface area contributed by atoms with Crippen LogP contribution in [-0.2, 0) is 9.84 Å². The molecule has 1 aromatic carbocycles. The molecule has 0 unspecified atom stereocenters. The number of benzene rings is 1. The summed E-state index contributed by atoms with van der Waals surface area (Å²) in [6.07, 6.45) is 0. The first-order chi connectivity index (χ1) is 7.83. The topological polar surface area (TPSA) is 46.2 Å². The minimum Gasteiger partial charge on any atom is -0.301 e. The molecule has 0 aliphatic heterocycles. The fourth-order valence-electron chi connectivity index (χ4n) is 1.42. The van der Waals surface area contributed by atoms with Crippen molar-refractivity contribution in [2.45, 2.75) is 44.6 Å². The molecule has 1 rings (SSSR count). The van der Waals surface area contributed by atoms with Gasteiger partial charge in [0.1, 0.15) is 5.88 Å². The second-order valence-corrected chi connectivity index (χ2v) is 6.83. The zero-order chi connectivity index (χ0) is 13.1. The van der Waals surface area contributed by atoms with Crippen molar-refractivity contribution in [3.63, 3.8) is 0 Å². The number of sulfone groups is 1. The Kier molecular flexibility index (Phi) is 4.71. The zero-order valence-electron chi connectivity index (χ0n) is 10.9. The van der Waals surface area contributed by atoms with Gasteiger partial charge in [0.15, 0.2) is 9.84 Å². The Hall–Kier alpha value is -0.870. The van der Waals surface area contributed by atoms with Crippen molar-refractivity contribution in [1.82, 2.24) is 5.32 Å². The van der Waals surface area contributed by atoms with Crippen LogP contribution < -0.4 is 5.32 Å². The van der Waals surface area contributed by atoms with Crippen molar-refractivity contribution < 1.29 is 8.42 Å². The Morgan fingerprint density at radius 1 is 1.06 bits per heavy atom. The first kappa shape index (κ1) is 14.2. The summed E-state index contributed by atoms with van der Waals surface area (Å²) in [5.41, 5.74) is 1.15. The second-order valence-electron chi connectivity index (χ2n) is 4.84. The third-order valence-electron chi connectivity index (χ3n) is 2.59. The number of hydrogen-bond acceptors (Lipinski definition) is 3. The van der Waals surface area contributed by atoms with Gasteiger partial charge in [-0.2, -0.15) is 0 Å². The first-order valence-electron chi connectivity index (χ1n) is 5.89. The summed E-state index contributed by atoms with van der Waals surface area (Å²) in [5.74, 6) is 0.409. The van der Waals surface area contributed by atoms with Gasteiger partial charge in [0.25, 0.3) is 0 Å². The maximum Gasteiger partial charge on any atom is 0.191 e. The normalized spacial score (nSPS) is 12.4. The van der Waals surface area contributed by atoms with Gasteiger partial charge < -0.3 is 5.32 Å². The summed E-state index contributed by atoms with van der Waals surface area (Å²) in [7, 11) is -3.21. The average Bonchev–Trinajstić information content (AvgIpc) is 2.27. The Labute approximate surface area is 104 Å². The van der Waals surface area contributed by atoms with Gasteiger partial charge in [0.2, 0.25) is 0 Å². The molecule has 0 aliphatic carbocycles. The highest BCUT2D eigenvalue weighted by atomic mass is 32.2. The lowest BCUT2D eigenvalue weighted by Gasteiger charge is -2.10. The van der Waals surface area contributed by atoms with Gasteiger partial charge >= 0.3 is 0 Å². The van der Waals surface area contributed by atoms with E-state index in [4.69, 9.17) is 0 Å². The van der Waals surface area contributed by atoms with Crippen LogP contribution in [0.3, 0.4) is 0 Å². The van der Waals surface area contributed by atoms with Crippen LogP contribution in [0.5, 0.6) is 0 Å². The van der Waals surface area contributed by atoms with Gasteiger partial charge in [-0.25, -0.2) is 8.42 Å². The van der Waals surface area contributed by atoms with Crippen molar-refractivity contribution in [1.29, 1.82) is 0 Å². The average molecular weight is 255 g/mol. The monoisotopic (exact) mass is 255 g/mol. The summed E-state index contributed by atoms with van der Waals surface area (Å²) >= 11 is 0. The molecule has 96 valence electrons. The molecule has 0 amide bonds. The summed E-state index contributed by atoms with van der Waals surface area (Å²) in [4.78, 5) is 0.384. The summed E-state index contributed by atoms with van der Waals surface area (Å²) in [5, 5.41) is 2.93. The molecule has 1 aromatic rings. The van der Waals surface area contributed by atoms with Crippen LogP contribution >= 0.6 is 0 Å². The lowest BCUT2D eigenvalue weighted by Crippen LogP contribution is -2.29. The van der Waals surface area contributed by atoms with E-state index in [1.807, 2.05) is 26.0 Å². The molecule has 1 N–H and O–H groups in total. The minimum atomic E-state index is -3.21. The fourth-order valence-corrected chi connectivity index (χ4v) is 2.69. The standard InChI is InChI=1S/C13H21NO2S/c1-10(2)12-5-7-13(8-6-12)17(15,16)9-14-11(3)4/h5-8,10-11,14H,9H2,1-4H3. The maximum atomic E-state index is 12.0. The molecule has 0 atom stereocenters. The molecule has 0 fully saturated rings. The highest BCUT2D eigenvalue weighted by molar-refractivity contribution is 7.91. The van der Waals surface area contributed by atoms with Crippen molar-refractivity contribution in [3.05, 3.63) is 29.8 Å². The molecule has 0 saturated carbocycles. The molecule has 17 heavy (non-hydrogen) atoms. The molecule has 0 heterocycles. The van der Waals surface area contributed by atoms with Gasteiger partial charge in [-0.15, -0.1) is 0 Å². The SMILES string of the molecule is CC(C)NCS(=O)(=O)c1ccc(C(C)C)cc1. The van der Waals surface area contributed by atoms with Gasteiger partial charge in [0.05, 0.1) is 4.90 Å². The highest BCUT2D eigenvalue weighted by Crippen LogP contribution is 2.17. The van der Waals surface area contributed by atoms with Crippen molar-refractivity contribution in [2.24, 2.45) is 0 Å². The molecule has 4 heteroatoms. The Bertz CT molecular complexity index is 447. The third-order valence-corrected chi connectivity index (χ3v) is 4.12. The van der Waals surface area contributed by atoms with Crippen molar-refractivity contribution in [2.75, 3.05) is 5.88 Å². The predicted octanol–water partition coefficient (Wildman–Crippen LogP) is 2.54. The first-order valence-corrected chi connectivity index (χ1v) is 7.54. The van der Waals surface area contributed by atoms with E-state index in [0.29, 0.717) is 10.8 Å². The van der Waals surface area contributed by atoms with E-state index in [2.05, 4.69) is 19.2 Å². The molecule has 0 aliphatic rings. The molecule has 0 saturated heterocycles. The van der Waals surface area contributed by atoms with Crippen LogP contribution in [0.1, 0.15) is 39.2 Å². The van der Waals surface area contributed by atoms with Crippen molar-refractivity contribution in [3.8, 4) is 0 Å². The largest absolute Gasteiger partial charge is 0.301 e. The van der Waals surface area contributed by atoms with Gasteiger partial charge in [-0.3, -0.25) is 0 Å². The molecular formula is C13H21NO2S. The highest BCUT2D eigenvalue weighted by Gasteiger charge is 2.14. The van der Waals surface area contributed by atoms with Crippen LogP contribution in [0.15, 0.2) is 29.2 Å². The number of nitrogens with one attached hydrogen (secondary N) is 1. The number of hydrogen-bond donors (Lipinski definition) is 1. The Balaban J connectivity index is 2.85. The third kappa shape index (κ3) is 4.13. The van der Waals surface area contributed by atoms with Gasteiger partial charge in [-0.05, 0) is 37.5 Å². The molecule has 0 bridgehead atoms. The summed E-state index contributed by atoms with van der Waals surface area (Å²) in [6, 6.07) is 7.30. The van der Waals surface area contributed by atoms with Crippen LogP contribution in [0.25, 0.3) is 0 Å². The molecule has 0 radical (unpaired) electrons. The van der Waals surface area contributed by atoms with E-state index in [-0.39, 0.29) is 11.9 Å². The zero-order valence-corrected chi connectivity index (χ0v) is 11.7. The fraction of sp³-hybridized carbons (Fsp3) is 0.538. The second kappa shape index (κ2) is 5.65. The number of rotatable bonds is 5. The Morgan fingerprint density at radius 2 is 1.59 bits per heavy atom. The summed E-state index contributed by atoms with van der Waals surface area (Å²) < 4.78 is 23.9. The van der Waals surface area contributed by atoms with E-state index in [9.17, 15) is 8.42 Å². The smallest absolute Gasteiger partial charge is 0.191 e. The molecule has 0 spiro atoms. The lowest BCUT2D eigenvalue weighted by molar-refractivity contribution is 0.573. The van der Waals surface area contributed by atoms with Gasteiger partial charge in [-0.1, -0.05) is 26.0 Å². The minimum absolute atomic E-state index is 0.00824. The van der Waals surface area contributed by atoms with Gasteiger partial charge in [0, 0.05) is 6.04 Å². The van der Waals surface area contributed by atoms with Crippen LogP contribution in [-0.4, -0.2) is 20.3 Å². The molecule has 3 nitrogen and oxygen atoms in total. The van der Waals surface area contributed by atoms with Crippen LogP contribution in [0.4, 0.5) is 0 Å². The lowest BCUT2D eigenvalue weighted by atomic mass is 10.0. The van der Waals surface area contributed by atoms with E-state index in [0.717, 1.165) is 5.56 Å². The molecule has 0 aromatic heterocycles. The van der Waals surface area contributed by atoms with Crippen molar-refractivity contribution >= 4 is 9.84 Å². The Morgan fingerprint density at radius 3 is 2.00 bits per heavy atom. The predicted molar refractivity (Wildman–Crippen MR) is 70.9 cm³/mol. The van der Waals surface area contributed by atoms with E-state index >= 15 is 0 Å². The van der Waals surface area contributed by atoms with Crippen LogP contribution in [0, 0.1) is 0 Å². The maximum absolute atomic E-state index is 12.0. The quantitative estimate of drug-likeness (QED) is 0.879. The molecular weight excluding hydrogens is 234 g/mol.